The van der Waals surface area contributed by atoms with Crippen molar-refractivity contribution >= 4 is 0 Å². The van der Waals surface area contributed by atoms with Crippen LogP contribution in [0.4, 0.5) is 0 Å². The summed E-state index contributed by atoms with van der Waals surface area (Å²) in [5.41, 5.74) is 7.11. The molecular formula is C16H26N2O. The lowest BCUT2D eigenvalue weighted by Crippen LogP contribution is -2.32. The van der Waals surface area contributed by atoms with Gasteiger partial charge in [-0.3, -0.25) is 0 Å². The smallest absolute Gasteiger partial charge is 0.124 e. The van der Waals surface area contributed by atoms with Gasteiger partial charge in [0.1, 0.15) is 5.75 Å². The molecule has 0 radical (unpaired) electrons. The quantitative estimate of drug-likeness (QED) is 0.757. The number of ether oxygens (including phenoxy) is 1. The molecule has 0 heterocycles. The Morgan fingerprint density at radius 1 is 1.37 bits per heavy atom. The Balaban J connectivity index is 1.99. The lowest BCUT2D eigenvalue weighted by Gasteiger charge is -2.22. The second kappa shape index (κ2) is 6.92. The Morgan fingerprint density at radius 3 is 2.74 bits per heavy atom. The highest BCUT2D eigenvalue weighted by molar-refractivity contribution is 5.36. The maximum atomic E-state index is 5.93. The molecule has 1 aliphatic rings. The molecule has 0 spiro atoms. The lowest BCUT2D eigenvalue weighted by atomic mass is 10.0. The molecule has 1 fully saturated rings. The minimum absolute atomic E-state index is 0.184. The molecular weight excluding hydrogens is 236 g/mol. The van der Waals surface area contributed by atoms with Crippen molar-refractivity contribution in [3.05, 3.63) is 29.8 Å². The molecule has 1 saturated carbocycles. The van der Waals surface area contributed by atoms with Crippen molar-refractivity contribution < 1.29 is 4.74 Å². The monoisotopic (exact) mass is 262 g/mol. The van der Waals surface area contributed by atoms with Crippen LogP contribution >= 0.6 is 0 Å². The van der Waals surface area contributed by atoms with E-state index in [0.29, 0.717) is 13.2 Å². The minimum atomic E-state index is 0.184. The van der Waals surface area contributed by atoms with Crippen LogP contribution in [0.25, 0.3) is 0 Å². The minimum Gasteiger partial charge on any atom is -0.494 e. The third-order valence-corrected chi connectivity index (χ3v) is 3.94. The lowest BCUT2D eigenvalue weighted by molar-refractivity contribution is 0.329. The molecule has 1 aliphatic carbocycles. The van der Waals surface area contributed by atoms with E-state index in [1.807, 2.05) is 25.1 Å². The average molecular weight is 262 g/mol. The topological polar surface area (TPSA) is 47.3 Å². The van der Waals surface area contributed by atoms with E-state index in [9.17, 15) is 0 Å². The van der Waals surface area contributed by atoms with E-state index in [2.05, 4.69) is 18.3 Å². The van der Waals surface area contributed by atoms with Gasteiger partial charge in [0.05, 0.1) is 6.61 Å². The Bertz CT molecular complexity index is 390. The van der Waals surface area contributed by atoms with Gasteiger partial charge >= 0.3 is 0 Å². The second-order valence-corrected chi connectivity index (χ2v) is 5.48. The van der Waals surface area contributed by atoms with Gasteiger partial charge < -0.3 is 15.8 Å². The van der Waals surface area contributed by atoms with Crippen molar-refractivity contribution in [3.63, 3.8) is 0 Å². The molecule has 2 atom stereocenters. The van der Waals surface area contributed by atoms with Crippen molar-refractivity contribution in [2.45, 2.75) is 32.7 Å². The Labute approximate surface area is 116 Å². The fourth-order valence-corrected chi connectivity index (χ4v) is 2.54. The number of para-hydroxylation sites is 1. The van der Waals surface area contributed by atoms with E-state index >= 15 is 0 Å². The van der Waals surface area contributed by atoms with Gasteiger partial charge in [0.25, 0.3) is 0 Å². The summed E-state index contributed by atoms with van der Waals surface area (Å²) in [6.07, 6.45) is 2.79. The van der Waals surface area contributed by atoms with Gasteiger partial charge in [-0.1, -0.05) is 25.1 Å². The zero-order valence-electron chi connectivity index (χ0n) is 12.1. The van der Waals surface area contributed by atoms with Crippen LogP contribution in [0.5, 0.6) is 5.75 Å². The van der Waals surface area contributed by atoms with Gasteiger partial charge in [-0.25, -0.2) is 0 Å². The molecule has 1 aromatic carbocycles. The van der Waals surface area contributed by atoms with Crippen LogP contribution in [0.1, 0.15) is 38.3 Å². The number of benzene rings is 1. The number of nitrogens with two attached hydrogens (primary N) is 1. The molecule has 0 aliphatic heterocycles. The highest BCUT2D eigenvalue weighted by Gasteiger charge is 2.28. The first-order chi connectivity index (χ1) is 9.26. The fourth-order valence-electron chi connectivity index (χ4n) is 2.54. The van der Waals surface area contributed by atoms with Crippen molar-refractivity contribution in [2.75, 3.05) is 19.7 Å². The van der Waals surface area contributed by atoms with Crippen molar-refractivity contribution in [1.29, 1.82) is 0 Å². The van der Waals surface area contributed by atoms with E-state index in [-0.39, 0.29) is 6.04 Å². The van der Waals surface area contributed by atoms with Crippen LogP contribution in [0.2, 0.25) is 0 Å². The van der Waals surface area contributed by atoms with E-state index in [0.717, 1.165) is 24.1 Å². The Morgan fingerprint density at radius 2 is 2.11 bits per heavy atom. The van der Waals surface area contributed by atoms with E-state index < -0.39 is 0 Å². The molecule has 1 aromatic rings. The third-order valence-electron chi connectivity index (χ3n) is 3.94. The SMILES string of the molecule is CCOc1ccccc1C(CN)NCC(C)C1CC1. The van der Waals surface area contributed by atoms with Gasteiger partial charge in [-0.15, -0.1) is 0 Å². The fraction of sp³-hybridized carbons (Fsp3) is 0.625. The number of hydrogen-bond donors (Lipinski definition) is 2. The molecule has 2 rings (SSSR count). The highest BCUT2D eigenvalue weighted by atomic mass is 16.5. The maximum Gasteiger partial charge on any atom is 0.124 e. The second-order valence-electron chi connectivity index (χ2n) is 5.48. The van der Waals surface area contributed by atoms with Gasteiger partial charge in [0, 0.05) is 18.2 Å². The van der Waals surface area contributed by atoms with Gasteiger partial charge in [-0.2, -0.15) is 0 Å². The molecule has 106 valence electrons. The third kappa shape index (κ3) is 3.95. The molecule has 3 heteroatoms. The van der Waals surface area contributed by atoms with Crippen LogP contribution in [0.15, 0.2) is 24.3 Å². The molecule has 0 amide bonds. The summed E-state index contributed by atoms with van der Waals surface area (Å²) in [6, 6.07) is 8.37. The van der Waals surface area contributed by atoms with Crippen molar-refractivity contribution in [1.82, 2.24) is 5.32 Å². The Kier molecular flexibility index (Phi) is 5.23. The number of nitrogens with one attached hydrogen (secondary N) is 1. The summed E-state index contributed by atoms with van der Waals surface area (Å²) in [4.78, 5) is 0. The van der Waals surface area contributed by atoms with Crippen molar-refractivity contribution in [3.8, 4) is 5.75 Å². The zero-order valence-corrected chi connectivity index (χ0v) is 12.1. The molecule has 3 N–H and O–H groups in total. The molecule has 3 nitrogen and oxygen atoms in total. The number of hydrogen-bond acceptors (Lipinski definition) is 3. The molecule has 0 aromatic heterocycles. The summed E-state index contributed by atoms with van der Waals surface area (Å²) in [7, 11) is 0. The first kappa shape index (κ1) is 14.4. The summed E-state index contributed by atoms with van der Waals surface area (Å²) >= 11 is 0. The number of rotatable bonds is 8. The molecule has 0 saturated heterocycles. The standard InChI is InChI=1S/C16H26N2O/c1-3-19-16-7-5-4-6-14(16)15(10-17)18-11-12(2)13-8-9-13/h4-7,12-13,15,18H,3,8-11,17H2,1-2H3. The molecule has 19 heavy (non-hydrogen) atoms. The van der Waals surface area contributed by atoms with Gasteiger partial charge in [-0.05, 0) is 44.2 Å². The normalized spacial score (nSPS) is 18.1. The van der Waals surface area contributed by atoms with E-state index in [1.165, 1.54) is 18.4 Å². The van der Waals surface area contributed by atoms with Gasteiger partial charge in [0.15, 0.2) is 0 Å². The first-order valence-electron chi connectivity index (χ1n) is 7.41. The molecule has 0 bridgehead atoms. The zero-order chi connectivity index (χ0) is 13.7. The predicted octanol–water partition coefficient (Wildman–Crippen LogP) is 2.72. The van der Waals surface area contributed by atoms with Crippen molar-refractivity contribution in [2.24, 2.45) is 17.6 Å². The summed E-state index contributed by atoms with van der Waals surface area (Å²) in [6.45, 7) is 6.66. The van der Waals surface area contributed by atoms with Crippen LogP contribution in [0.3, 0.4) is 0 Å². The van der Waals surface area contributed by atoms with E-state index in [4.69, 9.17) is 10.5 Å². The molecule has 2 unspecified atom stereocenters. The summed E-state index contributed by atoms with van der Waals surface area (Å²) in [5.74, 6) is 2.62. The summed E-state index contributed by atoms with van der Waals surface area (Å²) in [5, 5.41) is 3.60. The largest absolute Gasteiger partial charge is 0.494 e. The van der Waals surface area contributed by atoms with Crippen LogP contribution < -0.4 is 15.8 Å². The Hall–Kier alpha value is -1.06. The van der Waals surface area contributed by atoms with Crippen LogP contribution in [0, 0.1) is 11.8 Å². The van der Waals surface area contributed by atoms with Crippen LogP contribution in [-0.4, -0.2) is 19.7 Å². The van der Waals surface area contributed by atoms with Gasteiger partial charge in [0.2, 0.25) is 0 Å². The highest BCUT2D eigenvalue weighted by Crippen LogP contribution is 2.36. The average Bonchev–Trinajstić information content (AvgIpc) is 3.25. The predicted molar refractivity (Wildman–Crippen MR) is 79.3 cm³/mol. The maximum absolute atomic E-state index is 5.93. The van der Waals surface area contributed by atoms with Crippen LogP contribution in [-0.2, 0) is 0 Å². The summed E-state index contributed by atoms with van der Waals surface area (Å²) < 4.78 is 5.69. The van der Waals surface area contributed by atoms with E-state index in [1.54, 1.807) is 0 Å². The first-order valence-corrected chi connectivity index (χ1v) is 7.41.